The van der Waals surface area contributed by atoms with Crippen LogP contribution >= 0.6 is 0 Å². The van der Waals surface area contributed by atoms with Crippen molar-refractivity contribution in [2.75, 3.05) is 0 Å². The third kappa shape index (κ3) is 7.04. The number of carboxylic acids is 1. The summed E-state index contributed by atoms with van der Waals surface area (Å²) in [4.78, 5) is 33.6. The molecule has 0 aliphatic heterocycles. The van der Waals surface area contributed by atoms with Crippen LogP contribution in [0.5, 0.6) is 0 Å². The molecule has 0 unspecified atom stereocenters. The van der Waals surface area contributed by atoms with E-state index in [4.69, 9.17) is 5.11 Å². The number of ketones is 1. The van der Waals surface area contributed by atoms with E-state index >= 15 is 0 Å². The second-order valence-electron chi connectivity index (χ2n) is 4.65. The van der Waals surface area contributed by atoms with Crippen molar-refractivity contribution >= 4 is 17.7 Å². The summed E-state index contributed by atoms with van der Waals surface area (Å²) in [6.45, 7) is 5.23. The number of hydrogen-bond acceptors (Lipinski definition) is 3. The van der Waals surface area contributed by atoms with Gasteiger partial charge in [-0.25, -0.2) is 0 Å². The van der Waals surface area contributed by atoms with E-state index < -0.39 is 12.0 Å². The molecule has 0 aromatic carbocycles. The molecule has 0 heterocycles. The Hall–Kier alpha value is -1.39. The van der Waals surface area contributed by atoms with Gasteiger partial charge in [0.2, 0.25) is 5.91 Å². The zero-order valence-corrected chi connectivity index (χ0v) is 11.4. The maximum atomic E-state index is 11.8. The van der Waals surface area contributed by atoms with Crippen LogP contribution in [0.1, 0.15) is 52.9 Å². The standard InChI is InChI=1S/C13H23NO4/c1-4-5-6-9(2)13(18)14-11(10(3)15)7-8-12(16)17/h9,11H,4-8H2,1-3H3,(H,14,18)(H,16,17)/t9-,11-/m0/s1. The predicted molar refractivity (Wildman–Crippen MR) is 68.2 cm³/mol. The number of carbonyl (C=O) groups is 3. The number of Topliss-reactive ketones (excluding diaryl/α,β-unsaturated/α-hetero) is 1. The fraction of sp³-hybridized carbons (Fsp3) is 0.769. The van der Waals surface area contributed by atoms with Crippen molar-refractivity contribution in [2.45, 2.75) is 58.9 Å². The average molecular weight is 257 g/mol. The number of aliphatic carboxylic acids is 1. The maximum Gasteiger partial charge on any atom is 0.303 e. The number of carbonyl (C=O) groups excluding carboxylic acids is 2. The van der Waals surface area contributed by atoms with E-state index in [1.165, 1.54) is 6.92 Å². The van der Waals surface area contributed by atoms with Gasteiger partial charge in [0.15, 0.2) is 5.78 Å². The summed E-state index contributed by atoms with van der Waals surface area (Å²) >= 11 is 0. The number of nitrogens with one attached hydrogen (secondary N) is 1. The lowest BCUT2D eigenvalue weighted by Crippen LogP contribution is -2.42. The molecule has 2 atom stereocenters. The van der Waals surface area contributed by atoms with Crippen LogP contribution in [0.15, 0.2) is 0 Å². The highest BCUT2D eigenvalue weighted by Crippen LogP contribution is 2.09. The van der Waals surface area contributed by atoms with E-state index in [0.717, 1.165) is 19.3 Å². The van der Waals surface area contributed by atoms with Gasteiger partial charge in [-0.2, -0.15) is 0 Å². The van der Waals surface area contributed by atoms with E-state index in [1.54, 1.807) is 0 Å². The summed E-state index contributed by atoms with van der Waals surface area (Å²) in [7, 11) is 0. The first-order chi connectivity index (χ1) is 8.38. The van der Waals surface area contributed by atoms with Gasteiger partial charge in [0.05, 0.1) is 6.04 Å². The van der Waals surface area contributed by atoms with Crippen molar-refractivity contribution in [1.29, 1.82) is 0 Å². The summed E-state index contributed by atoms with van der Waals surface area (Å²) in [6, 6.07) is -0.683. The van der Waals surface area contributed by atoms with E-state index in [1.807, 2.05) is 6.92 Å². The van der Waals surface area contributed by atoms with Crippen LogP contribution in [0.2, 0.25) is 0 Å². The first kappa shape index (κ1) is 16.6. The third-order valence-electron chi connectivity index (χ3n) is 2.89. The first-order valence-electron chi connectivity index (χ1n) is 6.41. The third-order valence-corrected chi connectivity index (χ3v) is 2.89. The summed E-state index contributed by atoms with van der Waals surface area (Å²) in [5, 5.41) is 11.2. The number of rotatable bonds is 9. The maximum absolute atomic E-state index is 11.8. The second-order valence-corrected chi connectivity index (χ2v) is 4.65. The quantitative estimate of drug-likeness (QED) is 0.659. The fourth-order valence-corrected chi connectivity index (χ4v) is 1.60. The minimum Gasteiger partial charge on any atom is -0.481 e. The minimum atomic E-state index is -0.963. The van der Waals surface area contributed by atoms with Crippen LogP contribution in [0, 0.1) is 5.92 Å². The Labute approximate surface area is 108 Å². The highest BCUT2D eigenvalue weighted by Gasteiger charge is 2.21. The Morgan fingerprint density at radius 2 is 1.83 bits per heavy atom. The summed E-state index contributed by atoms with van der Waals surface area (Å²) in [5.41, 5.74) is 0. The van der Waals surface area contributed by atoms with Gasteiger partial charge in [0, 0.05) is 12.3 Å². The van der Waals surface area contributed by atoms with E-state index in [0.29, 0.717) is 0 Å². The molecular formula is C13H23NO4. The lowest BCUT2D eigenvalue weighted by molar-refractivity contribution is -0.138. The molecule has 0 aromatic heterocycles. The van der Waals surface area contributed by atoms with Crippen molar-refractivity contribution in [3.05, 3.63) is 0 Å². The van der Waals surface area contributed by atoms with Crippen molar-refractivity contribution in [2.24, 2.45) is 5.92 Å². The number of carboxylic acid groups (broad SMARTS) is 1. The largest absolute Gasteiger partial charge is 0.481 e. The lowest BCUT2D eigenvalue weighted by atomic mass is 10.0. The molecular weight excluding hydrogens is 234 g/mol. The van der Waals surface area contributed by atoms with Crippen LogP contribution in [0.3, 0.4) is 0 Å². The van der Waals surface area contributed by atoms with E-state index in [-0.39, 0.29) is 30.4 Å². The highest BCUT2D eigenvalue weighted by molar-refractivity contribution is 5.88. The number of hydrogen-bond donors (Lipinski definition) is 2. The van der Waals surface area contributed by atoms with Crippen molar-refractivity contribution in [3.63, 3.8) is 0 Å². The molecule has 0 saturated heterocycles. The first-order valence-corrected chi connectivity index (χ1v) is 6.41. The molecule has 0 aliphatic carbocycles. The number of unbranched alkanes of at least 4 members (excludes halogenated alkanes) is 1. The molecule has 0 bridgehead atoms. The van der Waals surface area contributed by atoms with Gasteiger partial charge >= 0.3 is 5.97 Å². The van der Waals surface area contributed by atoms with Crippen LogP contribution in [0.4, 0.5) is 0 Å². The second kappa shape index (κ2) is 8.66. The Kier molecular flexibility index (Phi) is 8.00. The van der Waals surface area contributed by atoms with Gasteiger partial charge in [0.1, 0.15) is 0 Å². The molecule has 0 radical (unpaired) electrons. The van der Waals surface area contributed by atoms with Crippen molar-refractivity contribution in [1.82, 2.24) is 5.32 Å². The molecule has 18 heavy (non-hydrogen) atoms. The van der Waals surface area contributed by atoms with Gasteiger partial charge < -0.3 is 10.4 Å². The molecule has 0 aromatic rings. The van der Waals surface area contributed by atoms with Gasteiger partial charge in [-0.15, -0.1) is 0 Å². The number of amides is 1. The zero-order valence-electron chi connectivity index (χ0n) is 11.4. The monoisotopic (exact) mass is 257 g/mol. The smallest absolute Gasteiger partial charge is 0.303 e. The molecule has 0 aliphatic rings. The fourth-order valence-electron chi connectivity index (χ4n) is 1.60. The SMILES string of the molecule is CCCC[C@H](C)C(=O)N[C@@H](CCC(=O)O)C(C)=O. The van der Waals surface area contributed by atoms with E-state index in [2.05, 4.69) is 12.2 Å². The molecule has 1 amide bonds. The zero-order chi connectivity index (χ0) is 14.1. The van der Waals surface area contributed by atoms with Gasteiger partial charge in [-0.3, -0.25) is 14.4 Å². The van der Waals surface area contributed by atoms with E-state index in [9.17, 15) is 14.4 Å². The van der Waals surface area contributed by atoms with Crippen LogP contribution < -0.4 is 5.32 Å². The molecule has 5 nitrogen and oxygen atoms in total. The minimum absolute atomic E-state index is 0.117. The Morgan fingerprint density at radius 1 is 1.22 bits per heavy atom. The van der Waals surface area contributed by atoms with Crippen molar-refractivity contribution in [3.8, 4) is 0 Å². The Morgan fingerprint density at radius 3 is 2.28 bits per heavy atom. The molecule has 0 rings (SSSR count). The lowest BCUT2D eigenvalue weighted by Gasteiger charge is -2.18. The summed E-state index contributed by atoms with van der Waals surface area (Å²) in [6.07, 6.45) is 2.80. The van der Waals surface area contributed by atoms with Crippen molar-refractivity contribution < 1.29 is 19.5 Å². The Bertz CT molecular complexity index is 301. The predicted octanol–water partition coefficient (Wildman–Crippen LogP) is 1.75. The van der Waals surface area contributed by atoms with Gasteiger partial charge in [0.25, 0.3) is 0 Å². The molecule has 0 fully saturated rings. The molecule has 0 spiro atoms. The summed E-state index contributed by atoms with van der Waals surface area (Å²) < 4.78 is 0. The van der Waals surface area contributed by atoms with Gasteiger partial charge in [-0.05, 0) is 19.8 Å². The molecule has 5 heteroatoms. The van der Waals surface area contributed by atoms with Crippen LogP contribution in [0.25, 0.3) is 0 Å². The average Bonchev–Trinajstić information content (AvgIpc) is 2.30. The highest BCUT2D eigenvalue weighted by atomic mass is 16.4. The molecule has 104 valence electrons. The topological polar surface area (TPSA) is 83.5 Å². The summed E-state index contributed by atoms with van der Waals surface area (Å²) in [5.74, 6) is -1.48. The van der Waals surface area contributed by atoms with Crippen LogP contribution in [-0.4, -0.2) is 28.8 Å². The van der Waals surface area contributed by atoms with Gasteiger partial charge in [-0.1, -0.05) is 26.7 Å². The normalized spacial score (nSPS) is 13.7. The Balaban J connectivity index is 4.26. The van der Waals surface area contributed by atoms with Crippen LogP contribution in [-0.2, 0) is 14.4 Å². The molecule has 2 N–H and O–H groups in total. The molecule has 0 saturated carbocycles.